The quantitative estimate of drug-likeness (QED) is 0.492. The van der Waals surface area contributed by atoms with Crippen molar-refractivity contribution in [1.82, 2.24) is 9.78 Å². The zero-order chi connectivity index (χ0) is 21.0. The first-order valence-corrected chi connectivity index (χ1v) is 9.14. The number of aliphatic hydroxyl groups is 3. The number of rotatable bonds is 5. The second-order valence-corrected chi connectivity index (χ2v) is 7.29. The van der Waals surface area contributed by atoms with E-state index in [0.29, 0.717) is 29.2 Å². The predicted octanol–water partition coefficient (Wildman–Crippen LogP) is 2.36. The zero-order valence-electron chi connectivity index (χ0n) is 15.7. The van der Waals surface area contributed by atoms with Gasteiger partial charge in [-0.1, -0.05) is 24.3 Å². The van der Waals surface area contributed by atoms with Gasteiger partial charge in [-0.2, -0.15) is 5.10 Å². The first kappa shape index (κ1) is 19.7. The van der Waals surface area contributed by atoms with Crippen LogP contribution in [0.25, 0.3) is 22.3 Å². The van der Waals surface area contributed by atoms with E-state index in [2.05, 4.69) is 5.10 Å². The number of hydrogen-bond donors (Lipinski definition) is 4. The summed E-state index contributed by atoms with van der Waals surface area (Å²) in [5, 5.41) is 34.7. The summed E-state index contributed by atoms with van der Waals surface area (Å²) in [6.45, 7) is 0.846. The highest BCUT2D eigenvalue weighted by molar-refractivity contribution is 5.86. The van der Waals surface area contributed by atoms with Gasteiger partial charge in [-0.05, 0) is 28.8 Å². The van der Waals surface area contributed by atoms with Gasteiger partial charge in [0.1, 0.15) is 6.23 Å². The maximum atomic E-state index is 14.8. The third-order valence-corrected chi connectivity index (χ3v) is 5.39. The van der Waals surface area contributed by atoms with Crippen LogP contribution in [0.15, 0.2) is 48.8 Å². The number of fused-ring (bicyclic) bond motifs is 3. The lowest BCUT2D eigenvalue weighted by atomic mass is 9.84. The predicted molar refractivity (Wildman–Crippen MR) is 103 cm³/mol. The van der Waals surface area contributed by atoms with Gasteiger partial charge < -0.3 is 21.1 Å². The summed E-state index contributed by atoms with van der Waals surface area (Å²) in [4.78, 5) is 0. The number of aromatic nitrogens is 2. The third-order valence-electron chi connectivity index (χ3n) is 5.39. The number of halogens is 2. The van der Waals surface area contributed by atoms with Gasteiger partial charge in [0.25, 0.3) is 5.92 Å². The Kier molecular flexibility index (Phi) is 4.54. The molecule has 5 N–H and O–H groups in total. The lowest BCUT2D eigenvalue weighted by molar-refractivity contribution is -0.148. The molecule has 1 aliphatic rings. The van der Waals surface area contributed by atoms with E-state index in [1.165, 1.54) is 23.0 Å². The van der Waals surface area contributed by atoms with Crippen molar-refractivity contribution in [1.29, 1.82) is 0 Å². The fourth-order valence-electron chi connectivity index (χ4n) is 4.02. The van der Waals surface area contributed by atoms with Gasteiger partial charge in [0.15, 0.2) is 5.60 Å². The minimum Gasteiger partial charge on any atom is -0.394 e. The molecule has 6 nitrogen and oxygen atoms in total. The molecule has 29 heavy (non-hydrogen) atoms. The van der Waals surface area contributed by atoms with Crippen LogP contribution >= 0.6 is 0 Å². The van der Waals surface area contributed by atoms with Crippen molar-refractivity contribution in [2.24, 2.45) is 5.73 Å². The minimum atomic E-state index is -3.50. The number of aliphatic hydroxyl groups excluding tert-OH is 2. The Morgan fingerprint density at radius 2 is 1.93 bits per heavy atom. The molecule has 0 fully saturated rings. The van der Waals surface area contributed by atoms with E-state index >= 15 is 0 Å². The van der Waals surface area contributed by atoms with Gasteiger partial charge in [0, 0.05) is 35.4 Å². The molecule has 152 valence electrons. The second-order valence-electron chi connectivity index (χ2n) is 7.29. The first-order chi connectivity index (χ1) is 13.7. The SMILES string of the molecule is CC(F)(F)C1(O)c2ccccc2-c2c(C(N)O)cc(-c3cnn(CCO)c3)cc21. The van der Waals surface area contributed by atoms with Crippen LogP contribution in [0, 0.1) is 0 Å². The van der Waals surface area contributed by atoms with Crippen molar-refractivity contribution >= 4 is 0 Å². The van der Waals surface area contributed by atoms with Crippen LogP contribution in [0.4, 0.5) is 8.78 Å². The molecule has 1 aliphatic carbocycles. The molecule has 8 heteroatoms. The molecule has 0 bridgehead atoms. The van der Waals surface area contributed by atoms with Crippen LogP contribution in [0.5, 0.6) is 0 Å². The average Bonchev–Trinajstić information content (AvgIpc) is 3.24. The van der Waals surface area contributed by atoms with Gasteiger partial charge in [0.2, 0.25) is 0 Å². The Morgan fingerprint density at radius 1 is 1.21 bits per heavy atom. The molecule has 0 radical (unpaired) electrons. The molecule has 2 atom stereocenters. The second kappa shape index (κ2) is 6.70. The molecular weight excluding hydrogens is 380 g/mol. The van der Waals surface area contributed by atoms with Crippen LogP contribution in [-0.4, -0.2) is 37.6 Å². The lowest BCUT2D eigenvalue weighted by Gasteiger charge is -2.32. The molecule has 2 unspecified atom stereocenters. The third kappa shape index (κ3) is 2.87. The molecular formula is C21H21F2N3O3. The number of nitrogens with two attached hydrogens (primary N) is 1. The maximum Gasteiger partial charge on any atom is 0.281 e. The minimum absolute atomic E-state index is 0.0156. The highest BCUT2D eigenvalue weighted by atomic mass is 19.3. The summed E-state index contributed by atoms with van der Waals surface area (Å²) in [5.74, 6) is -3.50. The lowest BCUT2D eigenvalue weighted by Crippen LogP contribution is -2.42. The molecule has 0 aliphatic heterocycles. The standard InChI is InChI=1S/C21H21F2N3O3/c1-20(22,23)21(29)16-5-3-2-4-14(16)18-15(19(24)28)8-12(9-17(18)21)13-10-25-26(11-13)6-7-27/h2-5,8-11,19,27-29H,6-7,24H2,1H3. The number of hydrogen-bond acceptors (Lipinski definition) is 5. The molecule has 2 aromatic carbocycles. The fourth-order valence-corrected chi connectivity index (χ4v) is 4.02. The van der Waals surface area contributed by atoms with E-state index in [-0.39, 0.29) is 29.8 Å². The van der Waals surface area contributed by atoms with Crippen LogP contribution in [0.1, 0.15) is 29.8 Å². The molecule has 0 spiro atoms. The monoisotopic (exact) mass is 401 g/mol. The summed E-state index contributed by atoms with van der Waals surface area (Å²) < 4.78 is 31.0. The van der Waals surface area contributed by atoms with E-state index < -0.39 is 17.8 Å². The molecule has 0 amide bonds. The zero-order valence-corrected chi connectivity index (χ0v) is 15.7. The Bertz CT molecular complexity index is 1080. The van der Waals surface area contributed by atoms with Gasteiger partial charge in [-0.25, -0.2) is 8.78 Å². The normalized spacial score (nSPS) is 19.1. The van der Waals surface area contributed by atoms with Gasteiger partial charge in [-0.15, -0.1) is 0 Å². The van der Waals surface area contributed by atoms with E-state index in [1.807, 2.05) is 0 Å². The molecule has 0 saturated heterocycles. The highest BCUT2D eigenvalue weighted by Crippen LogP contribution is 2.56. The van der Waals surface area contributed by atoms with Gasteiger partial charge in [0.05, 0.1) is 19.3 Å². The van der Waals surface area contributed by atoms with E-state index in [1.54, 1.807) is 30.5 Å². The number of benzene rings is 2. The Morgan fingerprint density at radius 3 is 2.59 bits per heavy atom. The van der Waals surface area contributed by atoms with Gasteiger partial charge >= 0.3 is 0 Å². The molecule has 0 saturated carbocycles. The largest absolute Gasteiger partial charge is 0.394 e. The van der Waals surface area contributed by atoms with Gasteiger partial charge in [-0.3, -0.25) is 4.68 Å². The first-order valence-electron chi connectivity index (χ1n) is 9.14. The van der Waals surface area contributed by atoms with Crippen molar-refractivity contribution in [2.75, 3.05) is 6.61 Å². The van der Waals surface area contributed by atoms with Crippen LogP contribution in [0.2, 0.25) is 0 Å². The maximum absolute atomic E-state index is 14.8. The number of alkyl halides is 2. The van der Waals surface area contributed by atoms with E-state index in [9.17, 15) is 19.0 Å². The fraction of sp³-hybridized carbons (Fsp3) is 0.286. The Labute approximate surface area is 165 Å². The topological polar surface area (TPSA) is 105 Å². The number of nitrogens with zero attached hydrogens (tertiary/aromatic N) is 2. The summed E-state index contributed by atoms with van der Waals surface area (Å²) in [6, 6.07) is 9.45. The van der Waals surface area contributed by atoms with Crippen molar-refractivity contribution in [3.05, 3.63) is 65.5 Å². The molecule has 1 aromatic heterocycles. The molecule has 4 rings (SSSR count). The summed E-state index contributed by atoms with van der Waals surface area (Å²) >= 11 is 0. The van der Waals surface area contributed by atoms with Crippen LogP contribution in [-0.2, 0) is 12.1 Å². The average molecular weight is 401 g/mol. The Hall–Kier alpha value is -2.65. The van der Waals surface area contributed by atoms with Crippen molar-refractivity contribution in [3.63, 3.8) is 0 Å². The molecule has 1 heterocycles. The molecule has 3 aromatic rings. The smallest absolute Gasteiger partial charge is 0.281 e. The Balaban J connectivity index is 2.02. The van der Waals surface area contributed by atoms with E-state index in [4.69, 9.17) is 10.8 Å². The summed E-state index contributed by atoms with van der Waals surface area (Å²) in [7, 11) is 0. The van der Waals surface area contributed by atoms with Crippen LogP contribution in [0.3, 0.4) is 0 Å². The summed E-state index contributed by atoms with van der Waals surface area (Å²) in [6.07, 6.45) is 1.74. The van der Waals surface area contributed by atoms with Crippen molar-refractivity contribution in [2.45, 2.75) is 31.2 Å². The van der Waals surface area contributed by atoms with Crippen LogP contribution < -0.4 is 5.73 Å². The van der Waals surface area contributed by atoms with E-state index in [0.717, 1.165) is 0 Å². The van der Waals surface area contributed by atoms with Crippen molar-refractivity contribution in [3.8, 4) is 22.3 Å². The van der Waals surface area contributed by atoms with Crippen molar-refractivity contribution < 1.29 is 24.1 Å². The summed E-state index contributed by atoms with van der Waals surface area (Å²) in [5.41, 5.74) is 5.27. The highest BCUT2D eigenvalue weighted by Gasteiger charge is 2.57.